The van der Waals surface area contributed by atoms with Gasteiger partial charge >= 0.3 is 0 Å². The molecule has 3 heterocycles. The first-order valence-electron chi connectivity index (χ1n) is 17.7. The zero-order valence-electron chi connectivity index (χ0n) is 30.4. The molecule has 266 valence electrons. The van der Waals surface area contributed by atoms with Gasteiger partial charge in [-0.1, -0.05) is 68.7 Å². The number of hydrogen-bond acceptors (Lipinski definition) is 4. The lowest BCUT2D eigenvalue weighted by Gasteiger charge is -2.30. The standard InChI is InChI=1S/C41H49N7O3/c1-6-7-8-9-12-22-48(4,5)23-21-42-40(50)37-25-35(29-46(37)2)45-41(51)38-26-34(28-47(38)3)44-39(49)32-19-17-30(18-20-32)15-16-31-24-33-13-10-11-14-36(33)43-27-31/h10-11,13-20,24-29H,6-9,12,21-23H2,1-5H3,(H2-,42,44,45,49,50,51)/p+1/b16-15+. The van der Waals surface area contributed by atoms with Crippen LogP contribution < -0.4 is 16.0 Å². The Labute approximate surface area is 300 Å². The number of nitrogens with one attached hydrogen (secondary N) is 3. The second-order valence-corrected chi connectivity index (χ2v) is 13.8. The molecule has 0 saturated heterocycles. The molecule has 0 aliphatic rings. The van der Waals surface area contributed by atoms with Gasteiger partial charge in [0, 0.05) is 43.6 Å². The van der Waals surface area contributed by atoms with Gasteiger partial charge in [-0.2, -0.15) is 0 Å². The second kappa shape index (κ2) is 17.0. The van der Waals surface area contributed by atoms with Gasteiger partial charge in [0.25, 0.3) is 17.7 Å². The van der Waals surface area contributed by atoms with Crippen molar-refractivity contribution in [3.05, 3.63) is 113 Å². The summed E-state index contributed by atoms with van der Waals surface area (Å²) >= 11 is 0. The number of quaternary nitrogens is 1. The van der Waals surface area contributed by atoms with Crippen LogP contribution in [0.4, 0.5) is 11.4 Å². The molecule has 0 radical (unpaired) electrons. The predicted octanol–water partition coefficient (Wildman–Crippen LogP) is 7.36. The molecule has 0 aliphatic carbocycles. The average Bonchev–Trinajstić information content (AvgIpc) is 3.67. The number of nitrogens with zero attached hydrogens (tertiary/aromatic N) is 4. The Kier molecular flexibility index (Phi) is 12.2. The fourth-order valence-corrected chi connectivity index (χ4v) is 6.05. The molecular weight excluding hydrogens is 638 g/mol. The van der Waals surface area contributed by atoms with Crippen LogP contribution in [0, 0.1) is 0 Å². The van der Waals surface area contributed by atoms with E-state index in [0.29, 0.717) is 34.9 Å². The number of fused-ring (bicyclic) bond motifs is 1. The Morgan fingerprint density at radius 3 is 2.06 bits per heavy atom. The number of aryl methyl sites for hydroxylation is 2. The molecule has 10 nitrogen and oxygen atoms in total. The van der Waals surface area contributed by atoms with Gasteiger partial charge in [0.15, 0.2) is 0 Å². The van der Waals surface area contributed by atoms with Gasteiger partial charge < -0.3 is 29.6 Å². The van der Waals surface area contributed by atoms with Crippen LogP contribution in [-0.4, -0.2) is 70.1 Å². The fraction of sp³-hybridized carbons (Fsp3) is 0.317. The van der Waals surface area contributed by atoms with Gasteiger partial charge in [-0.05, 0) is 60.4 Å². The molecule has 0 spiro atoms. The van der Waals surface area contributed by atoms with Crippen molar-refractivity contribution in [2.45, 2.75) is 39.0 Å². The minimum Gasteiger partial charge on any atom is -0.345 e. The summed E-state index contributed by atoms with van der Waals surface area (Å²) in [5.74, 6) is -0.822. The topological polar surface area (TPSA) is 110 Å². The van der Waals surface area contributed by atoms with Crippen LogP contribution >= 0.6 is 0 Å². The Morgan fingerprint density at radius 1 is 0.725 bits per heavy atom. The van der Waals surface area contributed by atoms with Crippen molar-refractivity contribution in [1.29, 1.82) is 0 Å². The van der Waals surface area contributed by atoms with Gasteiger partial charge in [0.1, 0.15) is 11.4 Å². The van der Waals surface area contributed by atoms with Crippen molar-refractivity contribution in [3.63, 3.8) is 0 Å². The number of rotatable bonds is 16. The van der Waals surface area contributed by atoms with Crippen LogP contribution in [0.1, 0.15) is 81.5 Å². The van der Waals surface area contributed by atoms with E-state index in [1.807, 2.05) is 54.7 Å². The average molecular weight is 689 g/mol. The van der Waals surface area contributed by atoms with E-state index in [1.165, 1.54) is 32.1 Å². The van der Waals surface area contributed by atoms with Crippen molar-refractivity contribution in [1.82, 2.24) is 19.4 Å². The van der Waals surface area contributed by atoms with E-state index in [2.05, 4.69) is 48.0 Å². The van der Waals surface area contributed by atoms with Gasteiger partial charge in [-0.3, -0.25) is 19.4 Å². The van der Waals surface area contributed by atoms with Crippen molar-refractivity contribution in [3.8, 4) is 0 Å². The number of unbranched alkanes of at least 4 members (excludes halogenated alkanes) is 4. The number of carbonyl (C=O) groups excluding carboxylic acids is 3. The Hall–Kier alpha value is -5.48. The van der Waals surface area contributed by atoms with Crippen LogP contribution in [0.15, 0.2) is 85.3 Å². The van der Waals surface area contributed by atoms with Gasteiger partial charge in [0.05, 0.1) is 50.6 Å². The number of benzene rings is 2. The quantitative estimate of drug-likeness (QED) is 0.0743. The Morgan fingerprint density at radius 2 is 1.35 bits per heavy atom. The molecular formula is C41H50N7O3+. The van der Waals surface area contributed by atoms with Gasteiger partial charge in [0.2, 0.25) is 0 Å². The summed E-state index contributed by atoms with van der Waals surface area (Å²) in [5, 5.41) is 9.88. The number of para-hydroxylation sites is 1. The van der Waals surface area contributed by atoms with E-state index in [1.54, 1.807) is 59.9 Å². The fourth-order valence-electron chi connectivity index (χ4n) is 6.05. The normalized spacial score (nSPS) is 11.6. The van der Waals surface area contributed by atoms with Crippen LogP contribution in [0.3, 0.4) is 0 Å². The molecule has 0 unspecified atom stereocenters. The molecule has 10 heteroatoms. The highest BCUT2D eigenvalue weighted by Crippen LogP contribution is 2.20. The minimum atomic E-state index is -0.355. The molecule has 0 fully saturated rings. The zero-order chi connectivity index (χ0) is 36.4. The molecule has 0 atom stereocenters. The zero-order valence-corrected chi connectivity index (χ0v) is 30.4. The molecule has 5 aromatic rings. The number of carbonyl (C=O) groups is 3. The van der Waals surface area contributed by atoms with Crippen LogP contribution in [0.25, 0.3) is 23.1 Å². The van der Waals surface area contributed by atoms with Crippen LogP contribution in [0.5, 0.6) is 0 Å². The monoisotopic (exact) mass is 688 g/mol. The molecule has 3 N–H and O–H groups in total. The summed E-state index contributed by atoms with van der Waals surface area (Å²) in [6, 6.07) is 20.7. The van der Waals surface area contributed by atoms with Crippen molar-refractivity contribution in [2.75, 3.05) is 44.4 Å². The number of hydrogen-bond donors (Lipinski definition) is 3. The van der Waals surface area contributed by atoms with Gasteiger partial charge in [-0.15, -0.1) is 0 Å². The summed E-state index contributed by atoms with van der Waals surface area (Å²) < 4.78 is 4.22. The number of pyridine rings is 1. The molecule has 0 aliphatic heterocycles. The summed E-state index contributed by atoms with van der Waals surface area (Å²) in [5.41, 5.74) is 5.22. The summed E-state index contributed by atoms with van der Waals surface area (Å²) in [7, 11) is 7.92. The van der Waals surface area contributed by atoms with Gasteiger partial charge in [-0.25, -0.2) is 0 Å². The molecule has 51 heavy (non-hydrogen) atoms. The van der Waals surface area contributed by atoms with Crippen molar-refractivity contribution >= 4 is 52.2 Å². The van der Waals surface area contributed by atoms with E-state index in [-0.39, 0.29) is 17.7 Å². The van der Waals surface area contributed by atoms with Crippen LogP contribution in [0.2, 0.25) is 0 Å². The number of anilines is 2. The number of amides is 3. The summed E-state index contributed by atoms with van der Waals surface area (Å²) in [4.78, 5) is 43.7. The molecule has 0 bridgehead atoms. The van der Waals surface area contributed by atoms with E-state index in [0.717, 1.165) is 39.6 Å². The molecule has 5 rings (SSSR count). The first kappa shape index (κ1) is 36.8. The second-order valence-electron chi connectivity index (χ2n) is 13.8. The third-order valence-corrected chi connectivity index (χ3v) is 9.11. The molecule has 0 saturated carbocycles. The van der Waals surface area contributed by atoms with Crippen molar-refractivity contribution < 1.29 is 18.9 Å². The number of aromatic nitrogens is 3. The summed E-state index contributed by atoms with van der Waals surface area (Å²) in [6.07, 6.45) is 15.5. The largest absolute Gasteiger partial charge is 0.345 e. The first-order valence-corrected chi connectivity index (χ1v) is 17.7. The van der Waals surface area contributed by atoms with Crippen molar-refractivity contribution in [2.24, 2.45) is 14.1 Å². The lowest BCUT2D eigenvalue weighted by molar-refractivity contribution is -0.889. The molecule has 3 aromatic heterocycles. The van der Waals surface area contributed by atoms with E-state index < -0.39 is 0 Å². The Bertz CT molecular complexity index is 2000. The van der Waals surface area contributed by atoms with Crippen LogP contribution in [-0.2, 0) is 14.1 Å². The molecule has 3 amide bonds. The highest BCUT2D eigenvalue weighted by atomic mass is 16.2. The minimum absolute atomic E-state index is 0.184. The third kappa shape index (κ3) is 10.3. The smallest absolute Gasteiger partial charge is 0.272 e. The third-order valence-electron chi connectivity index (χ3n) is 9.11. The predicted molar refractivity (Wildman–Crippen MR) is 207 cm³/mol. The SMILES string of the molecule is CCCCCCC[N+](C)(C)CCNC(=O)c1cc(NC(=O)c2cc(NC(=O)c3ccc(/C=C/c4cnc5ccccc5c4)cc3)cn2C)cn1C. The maximum atomic E-state index is 13.2. The number of likely N-dealkylation sites (N-methyl/N-ethyl adjacent to an activating group) is 1. The van der Waals surface area contributed by atoms with E-state index >= 15 is 0 Å². The first-order chi connectivity index (χ1) is 24.5. The summed E-state index contributed by atoms with van der Waals surface area (Å²) in [6.45, 7) is 4.72. The van der Waals surface area contributed by atoms with E-state index in [9.17, 15) is 14.4 Å². The highest BCUT2D eigenvalue weighted by Gasteiger charge is 2.19. The lowest BCUT2D eigenvalue weighted by Crippen LogP contribution is -2.46. The highest BCUT2D eigenvalue weighted by molar-refractivity contribution is 6.07. The Balaban J connectivity index is 1.11. The lowest BCUT2D eigenvalue weighted by atomic mass is 10.1. The molecule has 2 aromatic carbocycles. The maximum absolute atomic E-state index is 13.2. The maximum Gasteiger partial charge on any atom is 0.272 e. The van der Waals surface area contributed by atoms with E-state index in [4.69, 9.17) is 0 Å².